The van der Waals surface area contributed by atoms with Gasteiger partial charge in [0.2, 0.25) is 0 Å². The average molecular weight is 457 g/mol. The number of rotatable bonds is 5. The fraction of sp³-hybridized carbons (Fsp3) is 0.478. The molecule has 0 aliphatic carbocycles. The fourth-order valence-corrected chi connectivity index (χ4v) is 4.25. The van der Waals surface area contributed by atoms with E-state index in [-0.39, 0.29) is 35.1 Å². The number of aliphatic hydroxyl groups excluding tert-OH is 1. The predicted molar refractivity (Wildman–Crippen MR) is 122 cm³/mol. The number of halogens is 1. The number of aromatic nitrogens is 4. The van der Waals surface area contributed by atoms with Crippen molar-refractivity contribution in [1.29, 1.82) is 0 Å². The van der Waals surface area contributed by atoms with Crippen LogP contribution in [0, 0.1) is 11.2 Å². The predicted octanol–water partition coefficient (Wildman–Crippen LogP) is 2.05. The van der Waals surface area contributed by atoms with Gasteiger partial charge in [-0.2, -0.15) is 5.10 Å². The Kier molecular flexibility index (Phi) is 5.96. The molecule has 0 bridgehead atoms. The van der Waals surface area contributed by atoms with Crippen LogP contribution in [0.2, 0.25) is 0 Å². The van der Waals surface area contributed by atoms with E-state index in [0.717, 1.165) is 6.42 Å². The average Bonchev–Trinajstić information content (AvgIpc) is 3.40. The van der Waals surface area contributed by atoms with Crippen LogP contribution in [0.25, 0.3) is 5.65 Å². The molecule has 176 valence electrons. The number of carbonyl (C=O) groups excluding carboxylic acids is 1. The van der Waals surface area contributed by atoms with Crippen molar-refractivity contribution in [1.82, 2.24) is 24.5 Å². The van der Waals surface area contributed by atoms with E-state index in [2.05, 4.69) is 15.4 Å². The minimum atomic E-state index is -0.464. The Labute approximate surface area is 190 Å². The number of aryl methyl sites for hydroxylation is 1. The number of anilines is 1. The lowest BCUT2D eigenvalue weighted by Gasteiger charge is -2.29. The monoisotopic (exact) mass is 456 g/mol. The summed E-state index contributed by atoms with van der Waals surface area (Å²) in [6.07, 6.45) is 5.85. The molecule has 2 N–H and O–H groups in total. The van der Waals surface area contributed by atoms with Crippen LogP contribution < -0.4 is 15.8 Å². The molecule has 1 unspecified atom stereocenters. The molecule has 10 heteroatoms. The van der Waals surface area contributed by atoms with E-state index < -0.39 is 11.9 Å². The minimum absolute atomic E-state index is 0.189. The van der Waals surface area contributed by atoms with Crippen LogP contribution in [0.15, 0.2) is 35.5 Å². The number of nitrogens with one attached hydrogen (secondary N) is 1. The molecule has 3 aromatic rings. The zero-order chi connectivity index (χ0) is 23.9. The van der Waals surface area contributed by atoms with Crippen LogP contribution in [0.3, 0.4) is 0 Å². The second-order valence-electron chi connectivity index (χ2n) is 9.57. The van der Waals surface area contributed by atoms with Gasteiger partial charge in [-0.25, -0.2) is 13.9 Å². The van der Waals surface area contributed by atoms with Gasteiger partial charge in [-0.3, -0.25) is 9.59 Å². The van der Waals surface area contributed by atoms with E-state index in [1.807, 2.05) is 25.7 Å². The lowest BCUT2D eigenvalue weighted by Crippen LogP contribution is -2.46. The van der Waals surface area contributed by atoms with E-state index >= 15 is 0 Å². The Bertz CT molecular complexity index is 1250. The molecular weight excluding hydrogens is 427 g/mol. The molecule has 33 heavy (non-hydrogen) atoms. The van der Waals surface area contributed by atoms with Gasteiger partial charge in [0.05, 0.1) is 24.9 Å². The molecule has 9 nitrogen and oxygen atoms in total. The third kappa shape index (κ3) is 4.35. The van der Waals surface area contributed by atoms with Crippen LogP contribution in [0.5, 0.6) is 0 Å². The molecule has 0 spiro atoms. The number of nitrogens with zero attached hydrogens (tertiary/aromatic N) is 5. The highest BCUT2D eigenvalue weighted by Gasteiger charge is 2.31. The van der Waals surface area contributed by atoms with Crippen molar-refractivity contribution >= 4 is 17.4 Å². The van der Waals surface area contributed by atoms with Crippen molar-refractivity contribution in [2.75, 3.05) is 18.1 Å². The summed E-state index contributed by atoms with van der Waals surface area (Å²) >= 11 is 0. The van der Waals surface area contributed by atoms with E-state index in [1.165, 1.54) is 34.6 Å². The van der Waals surface area contributed by atoms with E-state index in [9.17, 15) is 19.1 Å². The van der Waals surface area contributed by atoms with Crippen molar-refractivity contribution in [3.05, 3.63) is 58.0 Å². The summed E-state index contributed by atoms with van der Waals surface area (Å²) in [4.78, 5) is 32.3. The number of fused-ring (bicyclic) bond motifs is 1. The molecule has 1 aliphatic heterocycles. The Balaban J connectivity index is 1.69. The fourth-order valence-electron chi connectivity index (χ4n) is 4.25. The summed E-state index contributed by atoms with van der Waals surface area (Å²) in [5.74, 6) is -0.254. The molecule has 1 amide bonds. The zero-order valence-electron chi connectivity index (χ0n) is 19.2. The van der Waals surface area contributed by atoms with Gasteiger partial charge >= 0.3 is 0 Å². The largest absolute Gasteiger partial charge is 0.394 e. The quantitative estimate of drug-likeness (QED) is 0.609. The maximum Gasteiger partial charge on any atom is 0.257 e. The molecule has 0 saturated carbocycles. The highest BCUT2D eigenvalue weighted by Crippen LogP contribution is 2.34. The van der Waals surface area contributed by atoms with Gasteiger partial charge in [0.15, 0.2) is 5.65 Å². The molecule has 0 aromatic carbocycles. The van der Waals surface area contributed by atoms with E-state index in [4.69, 9.17) is 0 Å². The van der Waals surface area contributed by atoms with E-state index in [1.54, 1.807) is 12.3 Å². The van der Waals surface area contributed by atoms with Crippen molar-refractivity contribution in [2.45, 2.75) is 45.7 Å². The van der Waals surface area contributed by atoms with Gasteiger partial charge in [0, 0.05) is 31.5 Å². The Morgan fingerprint density at radius 3 is 2.85 bits per heavy atom. The number of hydrogen-bond donors (Lipinski definition) is 2. The first kappa shape index (κ1) is 22.9. The lowest BCUT2D eigenvalue weighted by molar-refractivity contribution is 0.0849. The second-order valence-corrected chi connectivity index (χ2v) is 9.57. The molecule has 1 fully saturated rings. The van der Waals surface area contributed by atoms with Gasteiger partial charge < -0.3 is 19.9 Å². The topological polar surface area (TPSA) is 105 Å². The number of hydrogen-bond acceptors (Lipinski definition) is 6. The highest BCUT2D eigenvalue weighted by atomic mass is 19.1. The van der Waals surface area contributed by atoms with Crippen molar-refractivity contribution in [3.63, 3.8) is 0 Å². The van der Waals surface area contributed by atoms with Crippen molar-refractivity contribution in [2.24, 2.45) is 12.5 Å². The summed E-state index contributed by atoms with van der Waals surface area (Å²) in [7, 11) is 1.53. The summed E-state index contributed by atoms with van der Waals surface area (Å²) in [6.45, 7) is 6.27. The SMILES string of the molecule is Cn1cc(F)cc([C@H]2CCCN2c2ccn3ncc(C(=O)NC(CO)C(C)(C)C)c3n2)c1=O. The van der Waals surface area contributed by atoms with Crippen LogP contribution in [-0.4, -0.2) is 49.4 Å². The van der Waals surface area contributed by atoms with Crippen LogP contribution in [-0.2, 0) is 7.05 Å². The molecule has 1 saturated heterocycles. The van der Waals surface area contributed by atoms with Gasteiger partial charge in [-0.15, -0.1) is 0 Å². The van der Waals surface area contributed by atoms with Gasteiger partial charge in [-0.1, -0.05) is 20.8 Å². The van der Waals surface area contributed by atoms with Crippen molar-refractivity contribution in [3.8, 4) is 0 Å². The number of aliphatic hydroxyl groups is 1. The molecular formula is C23H29FN6O3. The Morgan fingerprint density at radius 1 is 1.39 bits per heavy atom. The smallest absolute Gasteiger partial charge is 0.257 e. The lowest BCUT2D eigenvalue weighted by atomic mass is 9.87. The van der Waals surface area contributed by atoms with Gasteiger partial charge in [0.1, 0.15) is 17.2 Å². The number of pyridine rings is 1. The van der Waals surface area contributed by atoms with Gasteiger partial charge in [0.25, 0.3) is 11.5 Å². The van der Waals surface area contributed by atoms with Crippen LogP contribution in [0.4, 0.5) is 10.2 Å². The van der Waals surface area contributed by atoms with Gasteiger partial charge in [-0.05, 0) is 30.4 Å². The Hall–Kier alpha value is -3.27. The standard InChI is InChI=1S/C23H29FN6O3/c1-23(2,3)18(13-31)26-21(32)16-11-25-30-9-7-19(27-20(16)30)29-8-5-6-17(29)15-10-14(24)12-28(4)22(15)33/h7,9-12,17-18,31H,5-6,8,13H2,1-4H3,(H,26,32)/t17-,18?/m1/s1. The number of amides is 1. The Morgan fingerprint density at radius 2 is 2.15 bits per heavy atom. The molecule has 0 radical (unpaired) electrons. The first-order valence-electron chi connectivity index (χ1n) is 11.0. The van der Waals surface area contributed by atoms with Crippen LogP contribution in [0.1, 0.15) is 55.6 Å². The highest BCUT2D eigenvalue weighted by molar-refractivity contribution is 6.00. The molecule has 2 atom stereocenters. The maximum absolute atomic E-state index is 14.0. The van der Waals surface area contributed by atoms with E-state index in [0.29, 0.717) is 30.0 Å². The third-order valence-electron chi connectivity index (χ3n) is 6.22. The minimum Gasteiger partial charge on any atom is -0.394 e. The molecule has 3 aromatic heterocycles. The second kappa shape index (κ2) is 8.58. The summed E-state index contributed by atoms with van der Waals surface area (Å²) in [5.41, 5.74) is 0.479. The zero-order valence-corrected chi connectivity index (χ0v) is 19.2. The first-order valence-corrected chi connectivity index (χ1v) is 11.0. The number of carbonyl (C=O) groups is 1. The summed E-state index contributed by atoms with van der Waals surface area (Å²) in [6, 6.07) is 2.32. The van der Waals surface area contributed by atoms with Crippen molar-refractivity contribution < 1.29 is 14.3 Å². The van der Waals surface area contributed by atoms with Crippen LogP contribution >= 0.6 is 0 Å². The summed E-state index contributed by atoms with van der Waals surface area (Å²) in [5, 5.41) is 16.8. The normalized spacial score (nSPS) is 17.5. The molecule has 4 rings (SSSR count). The molecule has 1 aliphatic rings. The summed E-state index contributed by atoms with van der Waals surface area (Å²) < 4.78 is 16.8. The molecule has 4 heterocycles. The maximum atomic E-state index is 14.0. The third-order valence-corrected chi connectivity index (χ3v) is 6.22. The first-order chi connectivity index (χ1) is 15.6.